The van der Waals surface area contributed by atoms with Crippen LogP contribution in [0.5, 0.6) is 0 Å². The zero-order chi connectivity index (χ0) is 18.2. The van der Waals surface area contributed by atoms with E-state index in [2.05, 4.69) is 27.7 Å². The molecule has 0 unspecified atom stereocenters. The molecule has 6 heteroatoms. The number of nitrogens with one attached hydrogen (secondary N) is 2. The van der Waals surface area contributed by atoms with Crippen LogP contribution in [0.25, 0.3) is 0 Å². The molecular formula is C19H34N4O2. The standard InChI is InChI=1S/C17H28N4O2.C2H6/c22-15-20-10-6-18-8-12-21(13-9-19-7-11-20)16-23-14-17-4-2-1-3-5-17;1-2/h1-5,15,18-19H,6-14,16H2;1-2H3. The van der Waals surface area contributed by atoms with Crippen LogP contribution in [0.2, 0.25) is 0 Å². The van der Waals surface area contributed by atoms with Crippen molar-refractivity contribution in [2.75, 3.05) is 59.1 Å². The molecule has 2 N–H and O–H groups in total. The zero-order valence-corrected chi connectivity index (χ0v) is 15.7. The Morgan fingerprint density at radius 2 is 1.52 bits per heavy atom. The zero-order valence-electron chi connectivity index (χ0n) is 15.7. The van der Waals surface area contributed by atoms with E-state index >= 15 is 0 Å². The fourth-order valence-electron chi connectivity index (χ4n) is 2.49. The molecule has 0 bridgehead atoms. The number of nitrogens with zero attached hydrogens (tertiary/aromatic N) is 2. The van der Waals surface area contributed by atoms with E-state index in [-0.39, 0.29) is 0 Å². The minimum atomic E-state index is 0.638. The Kier molecular flexibility index (Phi) is 12.8. The van der Waals surface area contributed by atoms with Gasteiger partial charge in [0.25, 0.3) is 0 Å². The van der Waals surface area contributed by atoms with Gasteiger partial charge in [0, 0.05) is 52.4 Å². The van der Waals surface area contributed by atoms with Gasteiger partial charge in [-0.2, -0.15) is 0 Å². The summed E-state index contributed by atoms with van der Waals surface area (Å²) >= 11 is 0. The highest BCUT2D eigenvalue weighted by molar-refractivity contribution is 5.46. The Labute approximate surface area is 152 Å². The molecule has 1 aromatic carbocycles. The fourth-order valence-corrected chi connectivity index (χ4v) is 2.49. The molecule has 1 aliphatic heterocycles. The summed E-state index contributed by atoms with van der Waals surface area (Å²) in [7, 11) is 0. The van der Waals surface area contributed by atoms with Gasteiger partial charge in [-0.3, -0.25) is 9.69 Å². The van der Waals surface area contributed by atoms with Crippen LogP contribution >= 0.6 is 0 Å². The summed E-state index contributed by atoms with van der Waals surface area (Å²) in [5.74, 6) is 0. The molecule has 0 radical (unpaired) electrons. The maximum absolute atomic E-state index is 10.9. The first-order valence-electron chi connectivity index (χ1n) is 9.33. The molecule has 2 rings (SSSR count). The van der Waals surface area contributed by atoms with Crippen molar-refractivity contribution in [1.82, 2.24) is 20.4 Å². The summed E-state index contributed by atoms with van der Waals surface area (Å²) < 4.78 is 5.83. The highest BCUT2D eigenvalue weighted by atomic mass is 16.5. The second-order valence-electron chi connectivity index (χ2n) is 5.72. The maximum Gasteiger partial charge on any atom is 0.209 e. The highest BCUT2D eigenvalue weighted by Crippen LogP contribution is 2.01. The minimum Gasteiger partial charge on any atom is -0.361 e. The van der Waals surface area contributed by atoms with E-state index in [1.807, 2.05) is 36.9 Å². The van der Waals surface area contributed by atoms with Crippen molar-refractivity contribution in [2.45, 2.75) is 20.5 Å². The number of carbonyl (C=O) groups is 1. The third-order valence-electron chi connectivity index (χ3n) is 3.90. The number of ether oxygens (including phenoxy) is 1. The Morgan fingerprint density at radius 3 is 2.08 bits per heavy atom. The van der Waals surface area contributed by atoms with Gasteiger partial charge < -0.3 is 20.3 Å². The van der Waals surface area contributed by atoms with Gasteiger partial charge >= 0.3 is 0 Å². The van der Waals surface area contributed by atoms with Gasteiger partial charge in [-0.05, 0) is 5.56 Å². The number of carbonyl (C=O) groups excluding carboxylic acids is 1. The average molecular weight is 351 g/mol. The van der Waals surface area contributed by atoms with Gasteiger partial charge in [0.15, 0.2) is 0 Å². The normalized spacial score (nSPS) is 17.6. The Bertz CT molecular complexity index is 417. The van der Waals surface area contributed by atoms with E-state index < -0.39 is 0 Å². The largest absolute Gasteiger partial charge is 0.361 e. The first kappa shape index (κ1) is 21.6. The van der Waals surface area contributed by atoms with E-state index in [0.29, 0.717) is 13.3 Å². The lowest BCUT2D eigenvalue weighted by Crippen LogP contribution is -2.43. The van der Waals surface area contributed by atoms with E-state index in [1.165, 1.54) is 5.56 Å². The van der Waals surface area contributed by atoms with Crippen molar-refractivity contribution in [3.8, 4) is 0 Å². The molecule has 0 atom stereocenters. The molecule has 1 aromatic rings. The second-order valence-corrected chi connectivity index (χ2v) is 5.72. The van der Waals surface area contributed by atoms with Crippen molar-refractivity contribution < 1.29 is 9.53 Å². The lowest BCUT2D eigenvalue weighted by Gasteiger charge is -2.25. The van der Waals surface area contributed by atoms with Crippen LogP contribution in [0.15, 0.2) is 30.3 Å². The molecular weight excluding hydrogens is 316 g/mol. The Hall–Kier alpha value is -1.47. The lowest BCUT2D eigenvalue weighted by atomic mass is 10.2. The quantitative estimate of drug-likeness (QED) is 0.780. The number of hydrogen-bond donors (Lipinski definition) is 2. The SMILES string of the molecule is CC.O=CN1CCNCCN(COCc2ccccc2)CCNCC1. The van der Waals surface area contributed by atoms with Crippen molar-refractivity contribution in [3.05, 3.63) is 35.9 Å². The summed E-state index contributed by atoms with van der Waals surface area (Å²) in [6, 6.07) is 10.2. The van der Waals surface area contributed by atoms with E-state index in [0.717, 1.165) is 58.8 Å². The third kappa shape index (κ3) is 10.2. The lowest BCUT2D eigenvalue weighted by molar-refractivity contribution is -0.118. The van der Waals surface area contributed by atoms with Gasteiger partial charge in [-0.25, -0.2) is 0 Å². The van der Waals surface area contributed by atoms with Crippen molar-refractivity contribution in [2.24, 2.45) is 0 Å². The second kappa shape index (κ2) is 14.8. The first-order chi connectivity index (χ1) is 12.4. The number of hydrogen-bond acceptors (Lipinski definition) is 5. The molecule has 1 amide bonds. The van der Waals surface area contributed by atoms with Gasteiger partial charge in [0.1, 0.15) is 0 Å². The Morgan fingerprint density at radius 1 is 0.960 bits per heavy atom. The predicted octanol–water partition coefficient (Wildman–Crippen LogP) is 1.14. The van der Waals surface area contributed by atoms with Gasteiger partial charge in [-0.1, -0.05) is 44.2 Å². The number of benzene rings is 1. The monoisotopic (exact) mass is 350 g/mol. The molecule has 6 nitrogen and oxygen atoms in total. The van der Waals surface area contributed by atoms with Crippen molar-refractivity contribution >= 4 is 6.41 Å². The molecule has 0 aliphatic carbocycles. The van der Waals surface area contributed by atoms with Gasteiger partial charge in [0.05, 0.1) is 13.3 Å². The predicted molar refractivity (Wildman–Crippen MR) is 102 cm³/mol. The maximum atomic E-state index is 10.9. The van der Waals surface area contributed by atoms with E-state index in [4.69, 9.17) is 4.74 Å². The highest BCUT2D eigenvalue weighted by Gasteiger charge is 2.07. The topological polar surface area (TPSA) is 56.8 Å². The van der Waals surface area contributed by atoms with Crippen molar-refractivity contribution in [1.29, 1.82) is 0 Å². The molecule has 0 spiro atoms. The molecule has 142 valence electrons. The third-order valence-corrected chi connectivity index (χ3v) is 3.90. The summed E-state index contributed by atoms with van der Waals surface area (Å²) in [5.41, 5.74) is 1.20. The van der Waals surface area contributed by atoms with Crippen LogP contribution in [-0.2, 0) is 16.1 Å². The van der Waals surface area contributed by atoms with Gasteiger partial charge in [0.2, 0.25) is 6.41 Å². The molecule has 0 saturated carbocycles. The summed E-state index contributed by atoms with van der Waals surface area (Å²) in [6.45, 7) is 12.2. The van der Waals surface area contributed by atoms with Crippen LogP contribution in [0.1, 0.15) is 19.4 Å². The fraction of sp³-hybridized carbons (Fsp3) is 0.632. The molecule has 1 saturated heterocycles. The average Bonchev–Trinajstić information content (AvgIpc) is 2.66. The number of rotatable bonds is 5. The summed E-state index contributed by atoms with van der Waals surface area (Å²) in [5, 5.41) is 6.77. The Balaban J connectivity index is 0.00000151. The van der Waals surface area contributed by atoms with E-state index in [1.54, 1.807) is 0 Å². The molecule has 0 aromatic heterocycles. The van der Waals surface area contributed by atoms with E-state index in [9.17, 15) is 4.79 Å². The smallest absolute Gasteiger partial charge is 0.209 e. The number of amides is 1. The summed E-state index contributed by atoms with van der Waals surface area (Å²) in [6.07, 6.45) is 0.929. The van der Waals surface area contributed by atoms with Crippen LogP contribution in [0, 0.1) is 0 Å². The first-order valence-corrected chi connectivity index (χ1v) is 9.33. The van der Waals surface area contributed by atoms with Crippen LogP contribution in [0.4, 0.5) is 0 Å². The molecule has 1 aliphatic rings. The molecule has 1 fully saturated rings. The van der Waals surface area contributed by atoms with Crippen molar-refractivity contribution in [3.63, 3.8) is 0 Å². The molecule has 1 heterocycles. The van der Waals surface area contributed by atoms with Crippen LogP contribution in [-0.4, -0.2) is 75.3 Å². The van der Waals surface area contributed by atoms with Crippen LogP contribution in [0.3, 0.4) is 0 Å². The molecule has 25 heavy (non-hydrogen) atoms. The van der Waals surface area contributed by atoms with Gasteiger partial charge in [-0.15, -0.1) is 0 Å². The van der Waals surface area contributed by atoms with Crippen LogP contribution < -0.4 is 10.6 Å². The summed E-state index contributed by atoms with van der Waals surface area (Å²) in [4.78, 5) is 15.0. The minimum absolute atomic E-state index is 0.638.